The molecule has 0 radical (unpaired) electrons. The van der Waals surface area contributed by atoms with Crippen LogP contribution in [0.1, 0.15) is 5.56 Å². The van der Waals surface area contributed by atoms with E-state index in [9.17, 15) is 9.18 Å². The van der Waals surface area contributed by atoms with Gasteiger partial charge in [0.2, 0.25) is 0 Å². The van der Waals surface area contributed by atoms with Gasteiger partial charge in [-0.15, -0.1) is 0 Å². The quantitative estimate of drug-likeness (QED) is 0.447. The highest BCUT2D eigenvalue weighted by atomic mass is 32.2. The van der Waals surface area contributed by atoms with Gasteiger partial charge in [0.05, 0.1) is 22.3 Å². The molecular weight excluding hydrogens is 303 g/mol. The summed E-state index contributed by atoms with van der Waals surface area (Å²) in [5, 5.41) is 1.00. The Balaban J connectivity index is 2.30. The van der Waals surface area contributed by atoms with Crippen LogP contribution in [0.5, 0.6) is 0 Å². The largest absolute Gasteiger partial charge is 0.396 e. The number of anilines is 1. The molecule has 2 aromatic heterocycles. The van der Waals surface area contributed by atoms with Crippen LogP contribution in [-0.4, -0.2) is 20.8 Å². The highest BCUT2D eigenvalue weighted by molar-refractivity contribution is 7.98. The van der Waals surface area contributed by atoms with E-state index in [-0.39, 0.29) is 11.2 Å². The van der Waals surface area contributed by atoms with Gasteiger partial charge in [0, 0.05) is 18.5 Å². The molecule has 0 fully saturated rings. The Hall–Kier alpha value is -2.41. The zero-order valence-electron chi connectivity index (χ0n) is 12.0. The summed E-state index contributed by atoms with van der Waals surface area (Å²) in [7, 11) is 0. The van der Waals surface area contributed by atoms with Gasteiger partial charge in [-0.1, -0.05) is 11.8 Å². The zero-order valence-corrected chi connectivity index (χ0v) is 12.8. The monoisotopic (exact) mass is 316 g/mol. The molecular formula is C15H13FN4OS. The first-order chi connectivity index (χ1) is 10.5. The van der Waals surface area contributed by atoms with Crippen LogP contribution >= 0.6 is 11.8 Å². The van der Waals surface area contributed by atoms with E-state index in [4.69, 9.17) is 5.73 Å². The lowest BCUT2D eigenvalue weighted by atomic mass is 10.2. The van der Waals surface area contributed by atoms with E-state index in [1.165, 1.54) is 34.7 Å². The van der Waals surface area contributed by atoms with Crippen LogP contribution in [0.15, 0.2) is 40.5 Å². The molecule has 1 aromatic carbocycles. The maximum absolute atomic E-state index is 13.6. The van der Waals surface area contributed by atoms with Crippen molar-refractivity contribution < 1.29 is 4.39 Å². The lowest BCUT2D eigenvalue weighted by Gasteiger charge is -2.10. The van der Waals surface area contributed by atoms with Gasteiger partial charge in [-0.2, -0.15) is 0 Å². The van der Waals surface area contributed by atoms with Crippen molar-refractivity contribution in [2.24, 2.45) is 0 Å². The Morgan fingerprint density at radius 3 is 2.82 bits per heavy atom. The number of thioether (sulfide) groups is 1. The Morgan fingerprint density at radius 2 is 2.14 bits per heavy atom. The van der Waals surface area contributed by atoms with Gasteiger partial charge in [-0.25, -0.2) is 14.4 Å². The van der Waals surface area contributed by atoms with Crippen molar-refractivity contribution in [2.75, 3.05) is 12.0 Å². The number of nitrogen functional groups attached to an aromatic ring is 1. The van der Waals surface area contributed by atoms with Crippen LogP contribution in [0.25, 0.3) is 16.6 Å². The van der Waals surface area contributed by atoms with Crippen LogP contribution in [0.3, 0.4) is 0 Å². The van der Waals surface area contributed by atoms with E-state index in [1.54, 1.807) is 12.3 Å². The number of halogens is 1. The summed E-state index contributed by atoms with van der Waals surface area (Å²) in [6.45, 7) is 1.85. The van der Waals surface area contributed by atoms with Gasteiger partial charge in [0.25, 0.3) is 5.56 Å². The minimum absolute atomic E-state index is 0.0438. The van der Waals surface area contributed by atoms with Crippen molar-refractivity contribution in [1.82, 2.24) is 14.5 Å². The third-order valence-corrected chi connectivity index (χ3v) is 3.92. The Labute approximate surface area is 130 Å². The number of nitrogens with zero attached hydrogens (tertiary/aromatic N) is 3. The summed E-state index contributed by atoms with van der Waals surface area (Å²) in [5.74, 6) is -0.559. The van der Waals surface area contributed by atoms with Crippen molar-refractivity contribution in [3.63, 3.8) is 0 Å². The summed E-state index contributed by atoms with van der Waals surface area (Å²) in [5.41, 5.74) is 7.05. The lowest BCUT2D eigenvalue weighted by Crippen LogP contribution is -2.19. The number of hydrogen-bond acceptors (Lipinski definition) is 5. The highest BCUT2D eigenvalue weighted by Gasteiger charge is 2.11. The Bertz CT molecular complexity index is 939. The van der Waals surface area contributed by atoms with E-state index in [0.717, 1.165) is 5.56 Å². The second kappa shape index (κ2) is 5.42. The van der Waals surface area contributed by atoms with Crippen LogP contribution in [0.2, 0.25) is 0 Å². The maximum atomic E-state index is 13.6. The van der Waals surface area contributed by atoms with Crippen LogP contribution in [0.4, 0.5) is 10.1 Å². The molecule has 112 valence electrons. The molecule has 0 aliphatic rings. The topological polar surface area (TPSA) is 73.8 Å². The van der Waals surface area contributed by atoms with Crippen molar-refractivity contribution in [3.05, 3.63) is 52.3 Å². The van der Waals surface area contributed by atoms with Crippen molar-refractivity contribution in [3.8, 4) is 5.69 Å². The summed E-state index contributed by atoms with van der Waals surface area (Å²) in [4.78, 5) is 21.1. The van der Waals surface area contributed by atoms with E-state index in [1.807, 2.05) is 13.2 Å². The standard InChI is InChI=1S/C15H13FN4OS/c1-8-7-20(9-3-4-12(17)11(16)5-9)14(21)10-6-18-15(22-2)19-13(8)10/h3-7H,17H2,1-2H3. The maximum Gasteiger partial charge on any atom is 0.266 e. The first-order valence-electron chi connectivity index (χ1n) is 6.49. The molecule has 2 N–H and O–H groups in total. The molecule has 22 heavy (non-hydrogen) atoms. The van der Waals surface area contributed by atoms with Crippen molar-refractivity contribution >= 4 is 28.4 Å². The molecule has 0 aliphatic heterocycles. The van der Waals surface area contributed by atoms with E-state index < -0.39 is 5.82 Å². The fourth-order valence-corrected chi connectivity index (χ4v) is 2.56. The molecule has 7 heteroatoms. The van der Waals surface area contributed by atoms with Gasteiger partial charge >= 0.3 is 0 Å². The Morgan fingerprint density at radius 1 is 1.36 bits per heavy atom. The fraction of sp³-hybridized carbons (Fsp3) is 0.133. The summed E-state index contributed by atoms with van der Waals surface area (Å²) in [6, 6.07) is 4.27. The molecule has 0 saturated carbocycles. The second-order valence-corrected chi connectivity index (χ2v) is 5.59. The minimum atomic E-state index is -0.559. The summed E-state index contributed by atoms with van der Waals surface area (Å²) in [6.07, 6.45) is 5.02. The first kappa shape index (κ1) is 14.5. The van der Waals surface area contributed by atoms with Crippen LogP contribution < -0.4 is 11.3 Å². The molecule has 0 bridgehead atoms. The van der Waals surface area contributed by atoms with Crippen LogP contribution in [-0.2, 0) is 0 Å². The number of benzene rings is 1. The molecule has 0 saturated heterocycles. The van der Waals surface area contributed by atoms with Gasteiger partial charge < -0.3 is 5.73 Å². The van der Waals surface area contributed by atoms with E-state index in [0.29, 0.717) is 21.7 Å². The van der Waals surface area contributed by atoms with Crippen molar-refractivity contribution in [1.29, 1.82) is 0 Å². The fourth-order valence-electron chi connectivity index (χ4n) is 2.22. The number of pyridine rings is 1. The van der Waals surface area contributed by atoms with E-state index >= 15 is 0 Å². The summed E-state index contributed by atoms with van der Waals surface area (Å²) >= 11 is 1.41. The minimum Gasteiger partial charge on any atom is -0.396 e. The predicted octanol–water partition coefficient (Wildman–Crippen LogP) is 2.53. The average Bonchev–Trinajstić information content (AvgIpc) is 2.53. The number of aromatic nitrogens is 3. The Kier molecular flexibility index (Phi) is 3.58. The third kappa shape index (κ3) is 2.33. The van der Waals surface area contributed by atoms with Gasteiger partial charge in [0.1, 0.15) is 5.82 Å². The molecule has 0 spiro atoms. The number of nitrogens with two attached hydrogens (primary N) is 1. The third-order valence-electron chi connectivity index (χ3n) is 3.36. The second-order valence-electron chi connectivity index (χ2n) is 4.81. The molecule has 0 unspecified atom stereocenters. The van der Waals surface area contributed by atoms with E-state index in [2.05, 4.69) is 9.97 Å². The zero-order chi connectivity index (χ0) is 15.9. The molecule has 0 atom stereocenters. The van der Waals surface area contributed by atoms with Gasteiger partial charge in [0.15, 0.2) is 5.16 Å². The average molecular weight is 316 g/mol. The highest BCUT2D eigenvalue weighted by Crippen LogP contribution is 2.19. The predicted molar refractivity (Wildman–Crippen MR) is 86.0 cm³/mol. The number of hydrogen-bond donors (Lipinski definition) is 1. The molecule has 0 amide bonds. The first-order valence-corrected chi connectivity index (χ1v) is 7.72. The SMILES string of the molecule is CSc1ncc2c(=O)n(-c3ccc(N)c(F)c3)cc(C)c2n1. The van der Waals surface area contributed by atoms with Crippen molar-refractivity contribution in [2.45, 2.75) is 12.1 Å². The van der Waals surface area contributed by atoms with Crippen LogP contribution in [0, 0.1) is 12.7 Å². The van der Waals surface area contributed by atoms with Gasteiger partial charge in [-0.05, 0) is 30.9 Å². The number of fused-ring (bicyclic) bond motifs is 1. The number of aryl methyl sites for hydroxylation is 1. The summed E-state index contributed by atoms with van der Waals surface area (Å²) < 4.78 is 15.0. The molecule has 2 heterocycles. The number of rotatable bonds is 2. The lowest BCUT2D eigenvalue weighted by molar-refractivity contribution is 0.631. The smallest absolute Gasteiger partial charge is 0.266 e. The normalized spacial score (nSPS) is 11.0. The molecule has 3 rings (SSSR count). The molecule has 5 nitrogen and oxygen atoms in total. The molecule has 0 aliphatic carbocycles. The molecule has 3 aromatic rings. The van der Waals surface area contributed by atoms with Gasteiger partial charge in [-0.3, -0.25) is 9.36 Å².